The van der Waals surface area contributed by atoms with Crippen LogP contribution in [0.15, 0.2) is 42.6 Å². The van der Waals surface area contributed by atoms with Crippen LogP contribution in [0.1, 0.15) is 17.7 Å². The predicted octanol–water partition coefficient (Wildman–Crippen LogP) is 3.02. The predicted molar refractivity (Wildman–Crippen MR) is 102 cm³/mol. The Kier molecular flexibility index (Phi) is 4.08. The van der Waals surface area contributed by atoms with Gasteiger partial charge in [-0.05, 0) is 47.9 Å². The number of halogens is 2. The minimum Gasteiger partial charge on any atom is -0.334 e. The first-order valence-electron chi connectivity index (χ1n) is 9.45. The molecule has 6 nitrogen and oxygen atoms in total. The second-order valence-electron chi connectivity index (χ2n) is 7.62. The average molecular weight is 396 g/mol. The van der Waals surface area contributed by atoms with E-state index in [0.717, 1.165) is 17.7 Å². The van der Waals surface area contributed by atoms with Gasteiger partial charge in [-0.15, -0.1) is 0 Å². The van der Waals surface area contributed by atoms with E-state index in [0.29, 0.717) is 17.8 Å². The van der Waals surface area contributed by atoms with Crippen LogP contribution in [0.25, 0.3) is 5.57 Å². The number of rotatable bonds is 3. The van der Waals surface area contributed by atoms with Gasteiger partial charge in [0.2, 0.25) is 5.91 Å². The third kappa shape index (κ3) is 3.14. The third-order valence-electron chi connectivity index (χ3n) is 5.78. The summed E-state index contributed by atoms with van der Waals surface area (Å²) in [4.78, 5) is 32.5. The first kappa shape index (κ1) is 17.8. The van der Waals surface area contributed by atoms with Gasteiger partial charge in [0.15, 0.2) is 0 Å². The van der Waals surface area contributed by atoms with E-state index in [9.17, 15) is 18.4 Å². The quantitative estimate of drug-likeness (QED) is 0.868. The lowest BCUT2D eigenvalue weighted by molar-refractivity contribution is -0.132. The molecule has 3 aliphatic rings. The summed E-state index contributed by atoms with van der Waals surface area (Å²) in [6.07, 6.45) is 4.01. The van der Waals surface area contributed by atoms with Crippen LogP contribution in [-0.2, 0) is 11.3 Å². The van der Waals surface area contributed by atoms with Gasteiger partial charge in [-0.25, -0.2) is 13.6 Å². The third-order valence-corrected chi connectivity index (χ3v) is 5.78. The number of hydrogen-bond donors (Lipinski definition) is 1. The van der Waals surface area contributed by atoms with Gasteiger partial charge < -0.3 is 15.1 Å². The lowest BCUT2D eigenvalue weighted by Gasteiger charge is -2.32. The van der Waals surface area contributed by atoms with Gasteiger partial charge in [-0.2, -0.15) is 0 Å². The van der Waals surface area contributed by atoms with E-state index in [1.165, 1.54) is 35.4 Å². The fourth-order valence-corrected chi connectivity index (χ4v) is 4.39. The first-order chi connectivity index (χ1) is 14.0. The van der Waals surface area contributed by atoms with E-state index >= 15 is 0 Å². The number of fused-ring (bicyclic) bond motifs is 3. The number of aromatic nitrogens is 1. The van der Waals surface area contributed by atoms with Crippen LogP contribution in [0.3, 0.4) is 0 Å². The number of nitrogens with zero attached hydrogens (tertiary/aromatic N) is 3. The van der Waals surface area contributed by atoms with Crippen LogP contribution in [0.2, 0.25) is 0 Å². The zero-order valence-electron chi connectivity index (χ0n) is 15.4. The maximum Gasteiger partial charge on any atom is 0.322 e. The molecule has 1 aliphatic carbocycles. The van der Waals surface area contributed by atoms with Gasteiger partial charge >= 0.3 is 6.03 Å². The Hall–Kier alpha value is -3.29. The van der Waals surface area contributed by atoms with Crippen molar-refractivity contribution in [2.45, 2.75) is 19.0 Å². The van der Waals surface area contributed by atoms with Crippen molar-refractivity contribution in [3.05, 3.63) is 65.5 Å². The molecular weight excluding hydrogens is 378 g/mol. The number of anilines is 1. The monoisotopic (exact) mass is 396 g/mol. The second-order valence-corrected chi connectivity index (χ2v) is 7.62. The van der Waals surface area contributed by atoms with Gasteiger partial charge in [0.25, 0.3) is 0 Å². The molecule has 1 aromatic heterocycles. The molecule has 1 aromatic carbocycles. The van der Waals surface area contributed by atoms with E-state index in [-0.39, 0.29) is 48.6 Å². The van der Waals surface area contributed by atoms with Gasteiger partial charge in [-0.3, -0.25) is 9.78 Å². The number of amides is 3. The van der Waals surface area contributed by atoms with Gasteiger partial charge in [0.05, 0.1) is 24.5 Å². The van der Waals surface area contributed by atoms with E-state index < -0.39 is 0 Å². The fraction of sp³-hybridized carbons (Fsp3) is 0.286. The molecule has 5 rings (SSSR count). The summed E-state index contributed by atoms with van der Waals surface area (Å²) >= 11 is 0. The lowest BCUT2D eigenvalue weighted by Crippen LogP contribution is -2.47. The molecular formula is C21H18F2N4O2. The molecule has 0 radical (unpaired) electrons. The Balaban J connectivity index is 1.28. The van der Waals surface area contributed by atoms with Crippen molar-refractivity contribution in [2.24, 2.45) is 5.92 Å². The molecule has 3 amide bonds. The molecule has 2 aromatic rings. The molecule has 29 heavy (non-hydrogen) atoms. The summed E-state index contributed by atoms with van der Waals surface area (Å²) in [6.45, 7) is 0.672. The van der Waals surface area contributed by atoms with Crippen molar-refractivity contribution in [3.63, 3.8) is 0 Å². The van der Waals surface area contributed by atoms with Crippen LogP contribution in [-0.4, -0.2) is 45.9 Å². The summed E-state index contributed by atoms with van der Waals surface area (Å²) in [5, 5.41) is 2.70. The Morgan fingerprint density at radius 3 is 2.76 bits per heavy atom. The van der Waals surface area contributed by atoms with E-state index in [1.807, 2.05) is 6.08 Å². The van der Waals surface area contributed by atoms with Crippen LogP contribution >= 0.6 is 0 Å². The summed E-state index contributed by atoms with van der Waals surface area (Å²) in [5.41, 5.74) is 2.99. The number of likely N-dealkylation sites (tertiary alicyclic amines) is 1. The zero-order chi connectivity index (χ0) is 20.1. The average Bonchev–Trinajstić information content (AvgIpc) is 3.30. The van der Waals surface area contributed by atoms with Crippen molar-refractivity contribution in [1.82, 2.24) is 14.8 Å². The standard InChI is InChI=1S/C21H18F2N4O2/c22-14-1-3-18-13(5-14)9-26(21(29)25-18)11-20(28)27-10-12-6-16(27)7-17(12)19-4-2-15(23)8-24-19/h1-5,7-8,12,16H,6,9-11H2,(H,25,29)/t12-,16-/m0/s1. The number of carbonyl (C=O) groups excluding carboxylic acids is 2. The van der Waals surface area contributed by atoms with Crippen LogP contribution in [0, 0.1) is 17.6 Å². The summed E-state index contributed by atoms with van der Waals surface area (Å²) in [6, 6.07) is 6.81. The van der Waals surface area contributed by atoms with Crippen molar-refractivity contribution in [2.75, 3.05) is 18.4 Å². The molecule has 0 spiro atoms. The lowest BCUT2D eigenvalue weighted by atomic mass is 9.99. The van der Waals surface area contributed by atoms with E-state index in [4.69, 9.17) is 0 Å². The molecule has 0 saturated carbocycles. The highest BCUT2D eigenvalue weighted by atomic mass is 19.1. The van der Waals surface area contributed by atoms with Crippen LogP contribution in [0.5, 0.6) is 0 Å². The van der Waals surface area contributed by atoms with Gasteiger partial charge in [-0.1, -0.05) is 6.08 Å². The molecule has 1 saturated heterocycles. The zero-order valence-corrected chi connectivity index (χ0v) is 15.4. The van der Waals surface area contributed by atoms with Crippen LogP contribution in [0.4, 0.5) is 19.3 Å². The van der Waals surface area contributed by atoms with Gasteiger partial charge in [0, 0.05) is 18.2 Å². The Morgan fingerprint density at radius 1 is 1.21 bits per heavy atom. The molecule has 1 N–H and O–H groups in total. The minimum absolute atomic E-state index is 0.0491. The maximum absolute atomic E-state index is 13.5. The molecule has 148 valence electrons. The largest absolute Gasteiger partial charge is 0.334 e. The number of nitrogens with one attached hydrogen (secondary N) is 1. The normalized spacial score (nSPS) is 22.4. The van der Waals surface area contributed by atoms with Gasteiger partial charge in [0.1, 0.15) is 18.2 Å². The Labute approximate surface area is 165 Å². The number of hydrogen-bond acceptors (Lipinski definition) is 3. The molecule has 3 heterocycles. The maximum atomic E-state index is 13.5. The molecule has 2 aliphatic heterocycles. The van der Waals surface area contributed by atoms with Crippen molar-refractivity contribution >= 4 is 23.2 Å². The van der Waals surface area contributed by atoms with E-state index in [1.54, 1.807) is 11.0 Å². The second kappa shape index (κ2) is 6.65. The smallest absolute Gasteiger partial charge is 0.322 e. The summed E-state index contributed by atoms with van der Waals surface area (Å²) in [5.74, 6) is -0.743. The first-order valence-corrected chi connectivity index (χ1v) is 9.45. The fourth-order valence-electron chi connectivity index (χ4n) is 4.39. The minimum atomic E-state index is -0.380. The van der Waals surface area contributed by atoms with Crippen LogP contribution < -0.4 is 5.32 Å². The molecule has 1 fully saturated rings. The number of carbonyl (C=O) groups is 2. The highest BCUT2D eigenvalue weighted by Crippen LogP contribution is 2.41. The Morgan fingerprint density at radius 2 is 2.03 bits per heavy atom. The number of benzene rings is 1. The number of urea groups is 1. The molecule has 2 bridgehead atoms. The SMILES string of the molecule is O=C1Nc2ccc(F)cc2CN1CC(=O)N1C[C@@H]2C[C@H]1C=C2c1ccc(F)cn1. The van der Waals surface area contributed by atoms with E-state index in [2.05, 4.69) is 10.3 Å². The highest BCUT2D eigenvalue weighted by Gasteiger charge is 2.42. The summed E-state index contributed by atoms with van der Waals surface area (Å²) in [7, 11) is 0. The van der Waals surface area contributed by atoms with Crippen molar-refractivity contribution in [3.8, 4) is 0 Å². The Bertz CT molecular complexity index is 1040. The topological polar surface area (TPSA) is 65.5 Å². The highest BCUT2D eigenvalue weighted by molar-refractivity contribution is 5.95. The molecule has 2 atom stereocenters. The van der Waals surface area contributed by atoms with Crippen molar-refractivity contribution < 1.29 is 18.4 Å². The number of pyridine rings is 1. The summed E-state index contributed by atoms with van der Waals surface area (Å²) < 4.78 is 26.6. The van der Waals surface area contributed by atoms with Crippen molar-refractivity contribution in [1.29, 1.82) is 0 Å². The molecule has 0 unspecified atom stereocenters. The molecule has 8 heteroatoms.